The normalized spacial score (nSPS) is 23.3. The Morgan fingerprint density at radius 3 is 2.89 bits per heavy atom. The van der Waals surface area contributed by atoms with Gasteiger partial charge in [0.1, 0.15) is 6.17 Å². The average Bonchev–Trinajstić information content (AvgIpc) is 2.78. The van der Waals surface area contributed by atoms with Crippen LogP contribution < -0.4 is 0 Å². The van der Waals surface area contributed by atoms with Crippen LogP contribution in [0.1, 0.15) is 18.4 Å². The highest BCUT2D eigenvalue weighted by Crippen LogP contribution is 2.21. The van der Waals surface area contributed by atoms with Crippen molar-refractivity contribution in [3.8, 4) is 0 Å². The Morgan fingerprint density at radius 1 is 1.50 bits per heavy atom. The van der Waals surface area contributed by atoms with E-state index in [0.29, 0.717) is 12.8 Å². The van der Waals surface area contributed by atoms with Crippen LogP contribution >= 0.6 is 0 Å². The highest BCUT2D eigenvalue weighted by Gasteiger charge is 2.34. The number of aromatic nitrogens is 1. The van der Waals surface area contributed by atoms with Crippen molar-refractivity contribution in [1.82, 2.24) is 9.88 Å². The van der Waals surface area contributed by atoms with Gasteiger partial charge in [0.15, 0.2) is 0 Å². The first-order valence-corrected chi connectivity index (χ1v) is 6.14. The maximum atomic E-state index is 13.2. The van der Waals surface area contributed by atoms with E-state index in [1.807, 2.05) is 12.1 Å². The lowest BCUT2D eigenvalue weighted by Gasteiger charge is -2.22. The fourth-order valence-electron chi connectivity index (χ4n) is 2.28. The van der Waals surface area contributed by atoms with E-state index in [4.69, 9.17) is 5.11 Å². The third-order valence-electron chi connectivity index (χ3n) is 3.27. The molecule has 1 fully saturated rings. The number of rotatable bonds is 4. The van der Waals surface area contributed by atoms with Gasteiger partial charge in [-0.3, -0.25) is 9.78 Å². The summed E-state index contributed by atoms with van der Waals surface area (Å²) in [7, 11) is 0. The van der Waals surface area contributed by atoms with Gasteiger partial charge >= 0.3 is 0 Å². The number of hydrogen-bond acceptors (Lipinski definition) is 3. The maximum absolute atomic E-state index is 13.2. The Morgan fingerprint density at radius 2 is 2.22 bits per heavy atom. The van der Waals surface area contributed by atoms with Crippen molar-refractivity contribution in [3.63, 3.8) is 0 Å². The molecule has 0 aromatic carbocycles. The number of alkyl halides is 1. The van der Waals surface area contributed by atoms with Crippen molar-refractivity contribution in [2.24, 2.45) is 0 Å². The van der Waals surface area contributed by atoms with Gasteiger partial charge in [0.2, 0.25) is 5.91 Å². The van der Waals surface area contributed by atoms with Gasteiger partial charge in [0, 0.05) is 25.2 Å². The summed E-state index contributed by atoms with van der Waals surface area (Å²) in [6.45, 7) is -0.0537. The Bertz CT molecular complexity index is 399. The third-order valence-corrected chi connectivity index (χ3v) is 3.27. The molecule has 0 saturated carbocycles. The zero-order chi connectivity index (χ0) is 13.0. The molecule has 5 heteroatoms. The second kappa shape index (κ2) is 5.91. The first-order valence-electron chi connectivity index (χ1n) is 6.14. The van der Waals surface area contributed by atoms with Crippen LogP contribution in [-0.2, 0) is 11.2 Å². The smallest absolute Gasteiger partial charge is 0.223 e. The Labute approximate surface area is 105 Å². The third kappa shape index (κ3) is 3.04. The van der Waals surface area contributed by atoms with Crippen molar-refractivity contribution in [3.05, 3.63) is 30.1 Å². The predicted octanol–water partition coefficient (Wildman–Crippen LogP) is 0.946. The molecule has 0 aliphatic carbocycles. The number of carbonyl (C=O) groups excluding carboxylic acids is 1. The summed E-state index contributed by atoms with van der Waals surface area (Å²) < 4.78 is 13.2. The van der Waals surface area contributed by atoms with E-state index >= 15 is 0 Å². The molecule has 0 unspecified atom stereocenters. The minimum Gasteiger partial charge on any atom is -0.394 e. The molecule has 1 aromatic rings. The first kappa shape index (κ1) is 13.0. The number of halogens is 1. The highest BCUT2D eigenvalue weighted by molar-refractivity contribution is 5.77. The van der Waals surface area contributed by atoms with Crippen molar-refractivity contribution >= 4 is 5.91 Å². The molecule has 1 aromatic heterocycles. The van der Waals surface area contributed by atoms with Gasteiger partial charge in [-0.2, -0.15) is 0 Å². The van der Waals surface area contributed by atoms with Gasteiger partial charge in [-0.15, -0.1) is 0 Å². The topological polar surface area (TPSA) is 53.4 Å². The Balaban J connectivity index is 1.88. The second-order valence-electron chi connectivity index (χ2n) is 4.57. The molecule has 18 heavy (non-hydrogen) atoms. The molecular weight excluding hydrogens is 235 g/mol. The van der Waals surface area contributed by atoms with Crippen LogP contribution in [0.25, 0.3) is 0 Å². The van der Waals surface area contributed by atoms with Gasteiger partial charge < -0.3 is 10.0 Å². The monoisotopic (exact) mass is 252 g/mol. The summed E-state index contributed by atoms with van der Waals surface area (Å²) >= 11 is 0. The first-order chi connectivity index (χ1) is 8.70. The number of aliphatic hydroxyl groups excluding tert-OH is 1. The molecule has 4 nitrogen and oxygen atoms in total. The fourth-order valence-corrected chi connectivity index (χ4v) is 2.28. The summed E-state index contributed by atoms with van der Waals surface area (Å²) in [5.41, 5.74) is 1.04. The molecule has 1 amide bonds. The number of amides is 1. The molecular formula is C13H17FN2O2. The summed E-state index contributed by atoms with van der Waals surface area (Å²) in [5.74, 6) is -0.0917. The van der Waals surface area contributed by atoms with Crippen LogP contribution in [0.5, 0.6) is 0 Å². The number of nitrogens with zero attached hydrogens (tertiary/aromatic N) is 2. The van der Waals surface area contributed by atoms with E-state index in [9.17, 15) is 9.18 Å². The molecule has 2 rings (SSSR count). The minimum absolute atomic E-state index is 0.0917. The van der Waals surface area contributed by atoms with E-state index in [1.54, 1.807) is 12.4 Å². The second-order valence-corrected chi connectivity index (χ2v) is 4.57. The molecule has 0 bridgehead atoms. The van der Waals surface area contributed by atoms with Gasteiger partial charge in [-0.1, -0.05) is 0 Å². The Kier molecular flexibility index (Phi) is 4.25. The van der Waals surface area contributed by atoms with Crippen molar-refractivity contribution in [1.29, 1.82) is 0 Å². The fraction of sp³-hybridized carbons (Fsp3) is 0.538. The zero-order valence-electron chi connectivity index (χ0n) is 10.1. The van der Waals surface area contributed by atoms with E-state index < -0.39 is 6.17 Å². The lowest BCUT2D eigenvalue weighted by molar-refractivity contribution is -0.132. The van der Waals surface area contributed by atoms with Gasteiger partial charge in [-0.05, 0) is 24.1 Å². The molecule has 0 spiro atoms. The lowest BCUT2D eigenvalue weighted by atomic mass is 10.1. The standard InChI is InChI=1S/C13H17FN2O2/c14-11-7-12(9-17)16(8-11)13(18)2-1-10-3-5-15-6-4-10/h3-6,11-12,17H,1-2,7-9H2/t11-,12-/m0/s1. The molecule has 1 aliphatic rings. The van der Waals surface area contributed by atoms with E-state index in [-0.39, 0.29) is 31.5 Å². The summed E-state index contributed by atoms with van der Waals surface area (Å²) in [6, 6.07) is 3.36. The van der Waals surface area contributed by atoms with Gasteiger partial charge in [0.25, 0.3) is 0 Å². The molecule has 1 N–H and O–H groups in total. The predicted molar refractivity (Wildman–Crippen MR) is 64.7 cm³/mol. The van der Waals surface area contributed by atoms with Crippen LogP contribution in [0.2, 0.25) is 0 Å². The minimum atomic E-state index is -1.01. The van der Waals surface area contributed by atoms with Crippen molar-refractivity contribution < 1.29 is 14.3 Å². The number of likely N-dealkylation sites (tertiary alicyclic amines) is 1. The van der Waals surface area contributed by atoms with E-state index in [1.165, 1.54) is 4.90 Å². The number of hydrogen-bond donors (Lipinski definition) is 1. The quantitative estimate of drug-likeness (QED) is 0.868. The molecule has 2 atom stereocenters. The van der Waals surface area contributed by atoms with Gasteiger partial charge in [-0.25, -0.2) is 4.39 Å². The largest absolute Gasteiger partial charge is 0.394 e. The Hall–Kier alpha value is -1.49. The number of carbonyl (C=O) groups is 1. The number of pyridine rings is 1. The van der Waals surface area contributed by atoms with Crippen molar-refractivity contribution in [2.75, 3.05) is 13.2 Å². The molecule has 1 aliphatic heterocycles. The zero-order valence-corrected chi connectivity index (χ0v) is 10.1. The lowest BCUT2D eigenvalue weighted by Crippen LogP contribution is -2.37. The van der Waals surface area contributed by atoms with Crippen LogP contribution in [0, 0.1) is 0 Å². The van der Waals surface area contributed by atoms with Gasteiger partial charge in [0.05, 0.1) is 19.2 Å². The maximum Gasteiger partial charge on any atom is 0.223 e. The van der Waals surface area contributed by atoms with Crippen LogP contribution in [0.4, 0.5) is 4.39 Å². The van der Waals surface area contributed by atoms with Crippen LogP contribution in [0.15, 0.2) is 24.5 Å². The number of aryl methyl sites for hydroxylation is 1. The summed E-state index contributed by atoms with van der Waals surface area (Å²) in [6.07, 6.45) is 3.57. The summed E-state index contributed by atoms with van der Waals surface area (Å²) in [4.78, 5) is 17.3. The molecule has 98 valence electrons. The van der Waals surface area contributed by atoms with Crippen LogP contribution in [-0.4, -0.2) is 46.3 Å². The molecule has 2 heterocycles. The SMILES string of the molecule is O=C(CCc1ccncc1)N1C[C@@H](F)C[C@H]1CO. The van der Waals surface area contributed by atoms with Crippen LogP contribution in [0.3, 0.4) is 0 Å². The average molecular weight is 252 g/mol. The number of aliphatic hydroxyl groups is 1. The van der Waals surface area contributed by atoms with E-state index in [0.717, 1.165) is 5.56 Å². The molecule has 0 radical (unpaired) electrons. The van der Waals surface area contributed by atoms with Crippen molar-refractivity contribution in [2.45, 2.75) is 31.5 Å². The molecule has 1 saturated heterocycles. The van der Waals surface area contributed by atoms with E-state index in [2.05, 4.69) is 4.98 Å². The highest BCUT2D eigenvalue weighted by atomic mass is 19.1. The summed E-state index contributed by atoms with van der Waals surface area (Å²) in [5, 5.41) is 9.12.